The quantitative estimate of drug-likeness (QED) is 0.719. The van der Waals surface area contributed by atoms with E-state index in [0.717, 1.165) is 35.3 Å². The standard InChI is InChI=1S/C22H22N6O2/c1-2-28-22-19(20(26-28)17-4-3-11-29-17)18(16(12-23)21(24)30-22)14-5-7-15(8-6-14)27-10-9-25-13-27/h5-10,13,17-18H,2-4,11,24H2,1H3. The third-order valence-corrected chi connectivity index (χ3v) is 5.70. The van der Waals surface area contributed by atoms with Gasteiger partial charge in [-0.2, -0.15) is 10.4 Å². The molecule has 8 nitrogen and oxygen atoms in total. The molecular formula is C22H22N6O2. The first kappa shape index (κ1) is 18.5. The third-order valence-electron chi connectivity index (χ3n) is 5.70. The Labute approximate surface area is 174 Å². The molecule has 2 N–H and O–H groups in total. The van der Waals surface area contributed by atoms with Crippen LogP contribution in [0.4, 0.5) is 0 Å². The maximum Gasteiger partial charge on any atom is 0.224 e. The summed E-state index contributed by atoms with van der Waals surface area (Å²) >= 11 is 0. The summed E-state index contributed by atoms with van der Waals surface area (Å²) in [5, 5.41) is 14.7. The van der Waals surface area contributed by atoms with Crippen molar-refractivity contribution in [2.24, 2.45) is 5.73 Å². The highest BCUT2D eigenvalue weighted by atomic mass is 16.5. The summed E-state index contributed by atoms with van der Waals surface area (Å²) in [4.78, 5) is 4.10. The lowest BCUT2D eigenvalue weighted by atomic mass is 9.83. The smallest absolute Gasteiger partial charge is 0.224 e. The van der Waals surface area contributed by atoms with Crippen LogP contribution >= 0.6 is 0 Å². The van der Waals surface area contributed by atoms with Crippen molar-refractivity contribution in [3.63, 3.8) is 0 Å². The molecule has 0 amide bonds. The minimum Gasteiger partial charge on any atom is -0.422 e. The fourth-order valence-electron chi connectivity index (χ4n) is 4.25. The van der Waals surface area contributed by atoms with Crippen molar-refractivity contribution in [1.29, 1.82) is 5.26 Å². The van der Waals surface area contributed by atoms with Gasteiger partial charge in [0.1, 0.15) is 17.7 Å². The van der Waals surface area contributed by atoms with Crippen LogP contribution in [0.15, 0.2) is 54.4 Å². The van der Waals surface area contributed by atoms with Crippen LogP contribution < -0.4 is 10.5 Å². The number of nitriles is 1. The van der Waals surface area contributed by atoms with E-state index in [4.69, 9.17) is 20.3 Å². The summed E-state index contributed by atoms with van der Waals surface area (Å²) in [6.07, 6.45) is 7.18. The zero-order valence-electron chi connectivity index (χ0n) is 16.7. The molecule has 152 valence electrons. The molecule has 4 heterocycles. The van der Waals surface area contributed by atoms with Crippen LogP contribution in [-0.4, -0.2) is 25.9 Å². The van der Waals surface area contributed by atoms with E-state index in [2.05, 4.69) is 11.1 Å². The topological polar surface area (TPSA) is 104 Å². The molecule has 2 aliphatic rings. The lowest BCUT2D eigenvalue weighted by Crippen LogP contribution is -2.22. The van der Waals surface area contributed by atoms with Gasteiger partial charge >= 0.3 is 0 Å². The van der Waals surface area contributed by atoms with Gasteiger partial charge in [-0.25, -0.2) is 9.67 Å². The van der Waals surface area contributed by atoms with Gasteiger partial charge in [0.25, 0.3) is 0 Å². The largest absolute Gasteiger partial charge is 0.422 e. The molecule has 0 bridgehead atoms. The minimum absolute atomic E-state index is 0.0952. The van der Waals surface area contributed by atoms with Crippen LogP contribution in [0.1, 0.15) is 48.6 Å². The molecule has 0 saturated carbocycles. The molecule has 2 unspecified atom stereocenters. The van der Waals surface area contributed by atoms with Crippen molar-refractivity contribution < 1.29 is 9.47 Å². The van der Waals surface area contributed by atoms with Crippen molar-refractivity contribution in [2.75, 3.05) is 6.61 Å². The highest BCUT2D eigenvalue weighted by molar-refractivity contribution is 5.56. The number of imidazole rings is 1. The highest BCUT2D eigenvalue weighted by Gasteiger charge is 2.39. The maximum absolute atomic E-state index is 9.91. The second-order valence-corrected chi connectivity index (χ2v) is 7.41. The SMILES string of the molecule is CCn1nc(C2CCCO2)c2c1OC(N)=C(C#N)C2c1ccc(-n2ccnc2)cc1. The van der Waals surface area contributed by atoms with Gasteiger partial charge in [-0.3, -0.25) is 0 Å². The van der Waals surface area contributed by atoms with E-state index in [9.17, 15) is 5.26 Å². The Kier molecular flexibility index (Phi) is 4.52. The van der Waals surface area contributed by atoms with E-state index < -0.39 is 0 Å². The van der Waals surface area contributed by atoms with Gasteiger partial charge in [-0.05, 0) is 37.5 Å². The number of nitrogens with two attached hydrogens (primary N) is 1. The average Bonchev–Trinajstić information content (AvgIpc) is 3.53. The summed E-state index contributed by atoms with van der Waals surface area (Å²) in [5.41, 5.74) is 10.2. The van der Waals surface area contributed by atoms with Crippen molar-refractivity contribution in [1.82, 2.24) is 19.3 Å². The van der Waals surface area contributed by atoms with E-state index in [1.165, 1.54) is 0 Å². The van der Waals surface area contributed by atoms with E-state index in [1.54, 1.807) is 17.2 Å². The Morgan fingerprint density at radius 3 is 2.77 bits per heavy atom. The predicted octanol–water partition coefficient (Wildman–Crippen LogP) is 3.16. The first-order chi connectivity index (χ1) is 14.7. The van der Waals surface area contributed by atoms with Crippen LogP contribution in [-0.2, 0) is 11.3 Å². The molecule has 0 radical (unpaired) electrons. The van der Waals surface area contributed by atoms with Gasteiger partial charge in [-0.15, -0.1) is 0 Å². The van der Waals surface area contributed by atoms with Crippen molar-refractivity contribution in [3.8, 4) is 17.6 Å². The first-order valence-electron chi connectivity index (χ1n) is 10.1. The molecule has 3 aromatic rings. The Balaban J connectivity index is 1.65. The molecule has 0 aliphatic carbocycles. The number of aromatic nitrogens is 4. The number of hydrogen-bond acceptors (Lipinski definition) is 6. The van der Waals surface area contributed by atoms with E-state index >= 15 is 0 Å². The zero-order chi connectivity index (χ0) is 20.7. The van der Waals surface area contributed by atoms with Crippen molar-refractivity contribution in [2.45, 2.75) is 38.3 Å². The molecule has 1 aromatic carbocycles. The Morgan fingerprint density at radius 1 is 1.30 bits per heavy atom. The molecule has 1 fully saturated rings. The van der Waals surface area contributed by atoms with Gasteiger partial charge < -0.3 is 19.8 Å². The lowest BCUT2D eigenvalue weighted by molar-refractivity contribution is 0.107. The van der Waals surface area contributed by atoms with Gasteiger partial charge in [0.2, 0.25) is 11.8 Å². The molecule has 2 aromatic heterocycles. The molecular weight excluding hydrogens is 380 g/mol. The summed E-state index contributed by atoms with van der Waals surface area (Å²) in [5.74, 6) is 0.375. The normalized spacial score (nSPS) is 20.7. The average molecular weight is 402 g/mol. The highest BCUT2D eigenvalue weighted by Crippen LogP contribution is 2.47. The number of allylic oxidation sites excluding steroid dienone is 1. The van der Waals surface area contributed by atoms with Gasteiger partial charge in [0.05, 0.1) is 23.5 Å². The number of nitrogens with zero attached hydrogens (tertiary/aromatic N) is 5. The lowest BCUT2D eigenvalue weighted by Gasteiger charge is -2.26. The summed E-state index contributed by atoms with van der Waals surface area (Å²) in [7, 11) is 0. The second-order valence-electron chi connectivity index (χ2n) is 7.41. The fourth-order valence-corrected chi connectivity index (χ4v) is 4.25. The van der Waals surface area contributed by atoms with Gasteiger partial charge in [0.15, 0.2) is 0 Å². The first-order valence-corrected chi connectivity index (χ1v) is 10.1. The molecule has 5 rings (SSSR count). The number of aryl methyl sites for hydroxylation is 1. The third kappa shape index (κ3) is 2.86. The predicted molar refractivity (Wildman–Crippen MR) is 109 cm³/mol. The molecule has 2 atom stereocenters. The molecule has 8 heteroatoms. The monoisotopic (exact) mass is 402 g/mol. The number of hydrogen-bond donors (Lipinski definition) is 1. The summed E-state index contributed by atoms with van der Waals surface area (Å²) < 4.78 is 15.6. The van der Waals surface area contributed by atoms with E-state index in [0.29, 0.717) is 24.6 Å². The Hall–Kier alpha value is -3.57. The van der Waals surface area contributed by atoms with Gasteiger partial charge in [0, 0.05) is 31.2 Å². The number of benzene rings is 1. The molecule has 2 aliphatic heterocycles. The Bertz CT molecular complexity index is 1130. The number of fused-ring (bicyclic) bond motifs is 1. The van der Waals surface area contributed by atoms with Crippen LogP contribution in [0.5, 0.6) is 5.88 Å². The summed E-state index contributed by atoms with van der Waals surface area (Å²) in [6, 6.07) is 10.3. The summed E-state index contributed by atoms with van der Waals surface area (Å²) in [6.45, 7) is 3.35. The second kappa shape index (κ2) is 7.35. The van der Waals surface area contributed by atoms with Crippen molar-refractivity contribution in [3.05, 3.63) is 71.3 Å². The molecule has 30 heavy (non-hydrogen) atoms. The number of rotatable bonds is 4. The van der Waals surface area contributed by atoms with Crippen LogP contribution in [0, 0.1) is 11.3 Å². The van der Waals surface area contributed by atoms with E-state index in [-0.39, 0.29) is 17.9 Å². The number of ether oxygens (including phenoxy) is 2. The zero-order valence-corrected chi connectivity index (χ0v) is 16.7. The minimum atomic E-state index is -0.352. The van der Waals surface area contributed by atoms with Crippen LogP contribution in [0.2, 0.25) is 0 Å². The molecule has 0 spiro atoms. The fraction of sp³-hybridized carbons (Fsp3) is 0.318. The Morgan fingerprint density at radius 2 is 2.13 bits per heavy atom. The van der Waals surface area contributed by atoms with Crippen LogP contribution in [0.25, 0.3) is 5.69 Å². The van der Waals surface area contributed by atoms with Gasteiger partial charge in [-0.1, -0.05) is 12.1 Å². The van der Waals surface area contributed by atoms with Crippen LogP contribution in [0.3, 0.4) is 0 Å². The van der Waals surface area contributed by atoms with Crippen molar-refractivity contribution >= 4 is 0 Å². The van der Waals surface area contributed by atoms with E-state index in [1.807, 2.05) is 42.0 Å². The molecule has 1 saturated heterocycles. The maximum atomic E-state index is 9.91.